The molecule has 0 aliphatic carbocycles. The molecule has 1 aromatic carbocycles. The van der Waals surface area contributed by atoms with E-state index in [1.54, 1.807) is 26.0 Å². The molecular formula is C14H17F3N2O. The smallest absolute Gasteiger partial charge is 0.384 e. The van der Waals surface area contributed by atoms with Crippen molar-refractivity contribution in [2.75, 3.05) is 18.4 Å². The maximum atomic E-state index is 12.6. The molecule has 0 saturated heterocycles. The van der Waals surface area contributed by atoms with Crippen LogP contribution in [0.4, 0.5) is 18.9 Å². The lowest BCUT2D eigenvalue weighted by Gasteiger charge is -2.30. The van der Waals surface area contributed by atoms with Gasteiger partial charge in [-0.15, -0.1) is 0 Å². The van der Waals surface area contributed by atoms with Crippen molar-refractivity contribution in [3.63, 3.8) is 0 Å². The first-order valence-electron chi connectivity index (χ1n) is 6.49. The molecule has 110 valence electrons. The number of halogens is 3. The van der Waals surface area contributed by atoms with Crippen LogP contribution < -0.4 is 5.32 Å². The summed E-state index contributed by atoms with van der Waals surface area (Å²) in [6.45, 7) is 2.33. The van der Waals surface area contributed by atoms with Crippen molar-refractivity contribution in [2.45, 2.75) is 32.0 Å². The van der Waals surface area contributed by atoms with Gasteiger partial charge in [0.2, 0.25) is 5.91 Å². The number of carbonyl (C=O) groups is 1. The number of rotatable bonds is 3. The molecule has 1 unspecified atom stereocenters. The number of nitrogens with one attached hydrogen (secondary N) is 1. The molecule has 1 aliphatic rings. The summed E-state index contributed by atoms with van der Waals surface area (Å²) in [5.74, 6) is -1.02. The van der Waals surface area contributed by atoms with Crippen LogP contribution in [0.25, 0.3) is 0 Å². The first-order valence-corrected chi connectivity index (χ1v) is 6.49. The Kier molecular flexibility index (Phi) is 3.92. The summed E-state index contributed by atoms with van der Waals surface area (Å²) in [4.78, 5) is 13.3. The largest absolute Gasteiger partial charge is 0.406 e. The zero-order valence-electron chi connectivity index (χ0n) is 11.4. The molecule has 0 bridgehead atoms. The zero-order chi connectivity index (χ0) is 14.9. The number of amides is 1. The van der Waals surface area contributed by atoms with Gasteiger partial charge in [-0.1, -0.05) is 18.2 Å². The van der Waals surface area contributed by atoms with Crippen molar-refractivity contribution in [1.29, 1.82) is 0 Å². The summed E-state index contributed by atoms with van der Waals surface area (Å²) < 4.78 is 37.8. The van der Waals surface area contributed by atoms with E-state index >= 15 is 0 Å². The standard InChI is InChI=1S/C14H17F3N2O/c1-9(2)19(8-14(15,16)17)13(20)11-7-18-12-6-4-3-5-10(11)12/h3-6,9,11,18H,7-8H2,1-2H3. The lowest BCUT2D eigenvalue weighted by Crippen LogP contribution is -2.45. The highest BCUT2D eigenvalue weighted by molar-refractivity contribution is 5.88. The van der Waals surface area contributed by atoms with E-state index in [0.717, 1.165) is 16.2 Å². The number of para-hydroxylation sites is 1. The highest BCUT2D eigenvalue weighted by Gasteiger charge is 2.38. The van der Waals surface area contributed by atoms with Gasteiger partial charge in [-0.05, 0) is 25.5 Å². The van der Waals surface area contributed by atoms with Crippen LogP contribution >= 0.6 is 0 Å². The van der Waals surface area contributed by atoms with E-state index in [4.69, 9.17) is 0 Å². The molecular weight excluding hydrogens is 269 g/mol. The van der Waals surface area contributed by atoms with E-state index < -0.39 is 30.6 Å². The third-order valence-electron chi connectivity index (χ3n) is 3.39. The molecule has 1 heterocycles. The molecule has 1 amide bonds. The molecule has 1 atom stereocenters. The summed E-state index contributed by atoms with van der Waals surface area (Å²) in [7, 11) is 0. The van der Waals surface area contributed by atoms with E-state index in [0.29, 0.717) is 6.54 Å². The molecule has 3 nitrogen and oxygen atoms in total. The van der Waals surface area contributed by atoms with Gasteiger partial charge in [0.1, 0.15) is 6.54 Å². The predicted octanol–water partition coefficient (Wildman–Crippen LogP) is 3.00. The van der Waals surface area contributed by atoms with Crippen LogP contribution in [0.5, 0.6) is 0 Å². The van der Waals surface area contributed by atoms with Gasteiger partial charge < -0.3 is 10.2 Å². The number of fused-ring (bicyclic) bond motifs is 1. The molecule has 0 aromatic heterocycles. The summed E-state index contributed by atoms with van der Waals surface area (Å²) >= 11 is 0. The van der Waals surface area contributed by atoms with Gasteiger partial charge in [0.05, 0.1) is 5.92 Å². The molecule has 1 N–H and O–H groups in total. The van der Waals surface area contributed by atoms with Crippen molar-refractivity contribution >= 4 is 11.6 Å². The average molecular weight is 286 g/mol. The van der Waals surface area contributed by atoms with E-state index in [2.05, 4.69) is 5.32 Å². The second-order valence-electron chi connectivity index (χ2n) is 5.20. The van der Waals surface area contributed by atoms with Crippen molar-refractivity contribution in [3.05, 3.63) is 29.8 Å². The molecule has 2 rings (SSSR count). The van der Waals surface area contributed by atoms with Crippen molar-refractivity contribution in [1.82, 2.24) is 4.90 Å². The van der Waals surface area contributed by atoms with Crippen LogP contribution in [0, 0.1) is 0 Å². The Morgan fingerprint density at radius 3 is 2.65 bits per heavy atom. The van der Waals surface area contributed by atoms with E-state index in [9.17, 15) is 18.0 Å². The van der Waals surface area contributed by atoms with Gasteiger partial charge in [-0.25, -0.2) is 0 Å². The lowest BCUT2D eigenvalue weighted by atomic mass is 9.99. The highest BCUT2D eigenvalue weighted by Crippen LogP contribution is 2.33. The first-order chi connectivity index (χ1) is 9.29. The molecule has 0 spiro atoms. The molecule has 20 heavy (non-hydrogen) atoms. The summed E-state index contributed by atoms with van der Waals surface area (Å²) in [6.07, 6.45) is -4.38. The Labute approximate surface area is 115 Å². The number of hydrogen-bond donors (Lipinski definition) is 1. The Hall–Kier alpha value is -1.72. The minimum atomic E-state index is -4.38. The number of nitrogens with zero attached hydrogens (tertiary/aromatic N) is 1. The van der Waals surface area contributed by atoms with Crippen LogP contribution in [0.1, 0.15) is 25.3 Å². The van der Waals surface area contributed by atoms with Gasteiger partial charge in [0.15, 0.2) is 0 Å². The van der Waals surface area contributed by atoms with E-state index in [-0.39, 0.29) is 0 Å². The average Bonchev–Trinajstić information content (AvgIpc) is 2.77. The fourth-order valence-corrected chi connectivity index (χ4v) is 2.41. The molecule has 1 aromatic rings. The van der Waals surface area contributed by atoms with Crippen LogP contribution in [0.2, 0.25) is 0 Å². The second-order valence-corrected chi connectivity index (χ2v) is 5.20. The number of alkyl halides is 3. The topological polar surface area (TPSA) is 32.3 Å². The van der Waals surface area contributed by atoms with E-state index in [1.807, 2.05) is 12.1 Å². The minimum Gasteiger partial charge on any atom is -0.384 e. The summed E-state index contributed by atoms with van der Waals surface area (Å²) in [5.41, 5.74) is 1.59. The van der Waals surface area contributed by atoms with E-state index in [1.165, 1.54) is 0 Å². The quantitative estimate of drug-likeness (QED) is 0.926. The van der Waals surface area contributed by atoms with Crippen molar-refractivity contribution in [2.24, 2.45) is 0 Å². The molecule has 6 heteroatoms. The third-order valence-corrected chi connectivity index (χ3v) is 3.39. The monoisotopic (exact) mass is 286 g/mol. The fourth-order valence-electron chi connectivity index (χ4n) is 2.41. The Balaban J connectivity index is 2.21. The van der Waals surface area contributed by atoms with Gasteiger partial charge >= 0.3 is 6.18 Å². The maximum absolute atomic E-state index is 12.6. The van der Waals surface area contributed by atoms with Crippen LogP contribution in [-0.2, 0) is 4.79 Å². The number of hydrogen-bond acceptors (Lipinski definition) is 2. The lowest BCUT2D eigenvalue weighted by molar-refractivity contribution is -0.165. The maximum Gasteiger partial charge on any atom is 0.406 e. The van der Waals surface area contributed by atoms with Crippen molar-refractivity contribution in [3.8, 4) is 0 Å². The van der Waals surface area contributed by atoms with Crippen molar-refractivity contribution < 1.29 is 18.0 Å². The van der Waals surface area contributed by atoms with Gasteiger partial charge in [0.25, 0.3) is 0 Å². The Bertz CT molecular complexity index is 499. The highest BCUT2D eigenvalue weighted by atomic mass is 19.4. The fraction of sp³-hybridized carbons (Fsp3) is 0.500. The Morgan fingerprint density at radius 1 is 1.40 bits per heavy atom. The van der Waals surface area contributed by atoms with Gasteiger partial charge in [-0.2, -0.15) is 13.2 Å². The number of carbonyl (C=O) groups excluding carboxylic acids is 1. The van der Waals surface area contributed by atoms with Crippen LogP contribution in [-0.4, -0.2) is 36.1 Å². The summed E-state index contributed by atoms with van der Waals surface area (Å²) in [6, 6.07) is 6.73. The van der Waals surface area contributed by atoms with Gasteiger partial charge in [-0.3, -0.25) is 4.79 Å². The zero-order valence-corrected chi connectivity index (χ0v) is 11.4. The molecule has 0 fully saturated rings. The number of benzene rings is 1. The Morgan fingerprint density at radius 2 is 2.05 bits per heavy atom. The third kappa shape index (κ3) is 3.05. The molecule has 1 aliphatic heterocycles. The second kappa shape index (κ2) is 5.34. The van der Waals surface area contributed by atoms with Crippen LogP contribution in [0.3, 0.4) is 0 Å². The molecule has 0 saturated carbocycles. The van der Waals surface area contributed by atoms with Gasteiger partial charge in [0, 0.05) is 18.3 Å². The SMILES string of the molecule is CC(C)N(CC(F)(F)F)C(=O)C1CNc2ccccc21. The predicted molar refractivity (Wildman–Crippen MR) is 70.6 cm³/mol. The normalized spacial score (nSPS) is 17.8. The van der Waals surface area contributed by atoms with Crippen LogP contribution in [0.15, 0.2) is 24.3 Å². The molecule has 0 radical (unpaired) electrons. The number of anilines is 1. The summed E-state index contributed by atoms with van der Waals surface area (Å²) in [5, 5.41) is 3.06. The minimum absolute atomic E-state index is 0.346. The first kappa shape index (κ1) is 14.7.